The molecule has 8 heteroatoms. The van der Waals surface area contributed by atoms with Crippen molar-refractivity contribution in [2.24, 2.45) is 5.41 Å². The second-order valence-electron chi connectivity index (χ2n) is 9.31. The Hall–Kier alpha value is -2.58. The SMILES string of the molecule is CCOC(=O)c1cn(C2CC2)c2nc(-c3cc4c(s3)C(O)C(C)(C)CC4)c(F)cc2c1=O. The molecule has 1 atom stereocenters. The number of thiophene rings is 1. The summed E-state index contributed by atoms with van der Waals surface area (Å²) in [6, 6.07) is 3.21. The lowest BCUT2D eigenvalue weighted by Gasteiger charge is -2.34. The first kappa shape index (κ1) is 21.3. The number of aliphatic hydroxyl groups excluding tert-OH is 1. The third-order valence-electron chi connectivity index (χ3n) is 6.50. The quantitative estimate of drug-likeness (QED) is 0.572. The van der Waals surface area contributed by atoms with Gasteiger partial charge in [0.05, 0.1) is 23.0 Å². The summed E-state index contributed by atoms with van der Waals surface area (Å²) in [5.74, 6) is -1.33. The lowest BCUT2D eigenvalue weighted by Crippen LogP contribution is -2.26. The van der Waals surface area contributed by atoms with E-state index in [4.69, 9.17) is 4.74 Å². The summed E-state index contributed by atoms with van der Waals surface area (Å²) in [7, 11) is 0. The van der Waals surface area contributed by atoms with Gasteiger partial charge in [-0.15, -0.1) is 11.3 Å². The molecule has 2 aliphatic rings. The molecule has 3 aromatic rings. The average molecular weight is 457 g/mol. The fraction of sp³-hybridized carbons (Fsp3) is 0.458. The lowest BCUT2D eigenvalue weighted by atomic mass is 9.75. The topological polar surface area (TPSA) is 81.4 Å². The van der Waals surface area contributed by atoms with Crippen molar-refractivity contribution in [3.05, 3.63) is 50.4 Å². The predicted octanol–water partition coefficient (Wildman–Crippen LogP) is 4.78. The average Bonchev–Trinajstić information content (AvgIpc) is 3.50. The second-order valence-corrected chi connectivity index (χ2v) is 10.4. The minimum atomic E-state index is -0.708. The maximum atomic E-state index is 15.2. The molecule has 6 nitrogen and oxygen atoms in total. The van der Waals surface area contributed by atoms with Gasteiger partial charge in [0, 0.05) is 17.1 Å². The highest BCUT2D eigenvalue weighted by molar-refractivity contribution is 7.15. The van der Waals surface area contributed by atoms with E-state index in [1.54, 1.807) is 11.5 Å². The Morgan fingerprint density at radius 3 is 2.81 bits per heavy atom. The first-order chi connectivity index (χ1) is 15.2. The van der Waals surface area contributed by atoms with Gasteiger partial charge in [-0.2, -0.15) is 0 Å². The van der Waals surface area contributed by atoms with E-state index >= 15 is 4.39 Å². The molecule has 0 spiro atoms. The third kappa shape index (κ3) is 3.36. The monoisotopic (exact) mass is 456 g/mol. The van der Waals surface area contributed by atoms with E-state index in [9.17, 15) is 14.7 Å². The Bertz CT molecular complexity index is 1310. The number of aromatic nitrogens is 2. The van der Waals surface area contributed by atoms with Crippen molar-refractivity contribution < 1.29 is 19.0 Å². The number of hydrogen-bond donors (Lipinski definition) is 1. The van der Waals surface area contributed by atoms with Crippen molar-refractivity contribution in [3.8, 4) is 10.6 Å². The molecule has 0 saturated heterocycles. The molecule has 0 amide bonds. The van der Waals surface area contributed by atoms with Crippen LogP contribution in [0.15, 0.2) is 23.1 Å². The molecule has 0 aromatic carbocycles. The van der Waals surface area contributed by atoms with Gasteiger partial charge in [-0.1, -0.05) is 13.8 Å². The van der Waals surface area contributed by atoms with Gasteiger partial charge >= 0.3 is 5.97 Å². The summed E-state index contributed by atoms with van der Waals surface area (Å²) >= 11 is 1.36. The number of esters is 1. The third-order valence-corrected chi connectivity index (χ3v) is 7.73. The minimum absolute atomic E-state index is 0.0752. The number of carbonyl (C=O) groups is 1. The van der Waals surface area contributed by atoms with Crippen molar-refractivity contribution in [3.63, 3.8) is 0 Å². The molecule has 0 radical (unpaired) electrons. The largest absolute Gasteiger partial charge is 0.462 e. The predicted molar refractivity (Wildman–Crippen MR) is 121 cm³/mol. The fourth-order valence-corrected chi connectivity index (χ4v) is 5.74. The van der Waals surface area contributed by atoms with Crippen LogP contribution in [-0.2, 0) is 11.2 Å². The summed E-state index contributed by atoms with van der Waals surface area (Å²) in [5, 5.41) is 10.9. The maximum absolute atomic E-state index is 15.2. The lowest BCUT2D eigenvalue weighted by molar-refractivity contribution is 0.0373. The number of carbonyl (C=O) groups excluding carboxylic acids is 1. The molecule has 3 heterocycles. The first-order valence-electron chi connectivity index (χ1n) is 10.9. The number of ether oxygens (including phenoxy) is 1. The number of rotatable bonds is 4. The van der Waals surface area contributed by atoms with Crippen LogP contribution in [0.25, 0.3) is 21.6 Å². The molecule has 1 unspecified atom stereocenters. The maximum Gasteiger partial charge on any atom is 0.343 e. The molecule has 1 N–H and O–H groups in total. The van der Waals surface area contributed by atoms with Crippen LogP contribution in [0.2, 0.25) is 0 Å². The number of aryl methyl sites for hydroxylation is 1. The number of hydrogen-bond acceptors (Lipinski definition) is 6. The molecular formula is C24H25FN2O4S. The van der Waals surface area contributed by atoms with Gasteiger partial charge in [0.1, 0.15) is 16.9 Å². The van der Waals surface area contributed by atoms with E-state index < -0.39 is 23.3 Å². The molecular weight excluding hydrogens is 431 g/mol. The molecule has 1 saturated carbocycles. The molecule has 32 heavy (non-hydrogen) atoms. The molecule has 1 fully saturated rings. The normalized spacial score (nSPS) is 19.7. The minimum Gasteiger partial charge on any atom is -0.462 e. The van der Waals surface area contributed by atoms with Crippen LogP contribution in [0.5, 0.6) is 0 Å². The fourth-order valence-electron chi connectivity index (χ4n) is 4.34. The van der Waals surface area contributed by atoms with Crippen LogP contribution in [0.1, 0.15) is 73.0 Å². The number of fused-ring (bicyclic) bond motifs is 2. The van der Waals surface area contributed by atoms with Crippen LogP contribution in [-0.4, -0.2) is 27.2 Å². The first-order valence-corrected chi connectivity index (χ1v) is 11.8. The Balaban J connectivity index is 1.68. The van der Waals surface area contributed by atoms with Crippen LogP contribution in [0, 0.1) is 11.2 Å². The summed E-state index contributed by atoms with van der Waals surface area (Å²) in [4.78, 5) is 31.3. The highest BCUT2D eigenvalue weighted by atomic mass is 32.1. The van der Waals surface area contributed by atoms with Crippen LogP contribution < -0.4 is 5.43 Å². The Kier molecular flexibility index (Phi) is 4.98. The molecule has 168 valence electrons. The Morgan fingerprint density at radius 2 is 2.12 bits per heavy atom. The van der Waals surface area contributed by atoms with Gasteiger partial charge < -0.3 is 14.4 Å². The Labute approximate surface area is 188 Å². The second kappa shape index (κ2) is 7.49. The number of pyridine rings is 2. The van der Waals surface area contributed by atoms with E-state index in [1.165, 1.54) is 23.6 Å². The zero-order valence-electron chi connectivity index (χ0n) is 18.3. The number of nitrogens with zero attached hydrogens (tertiary/aromatic N) is 2. The van der Waals surface area contributed by atoms with Gasteiger partial charge in [-0.05, 0) is 55.7 Å². The molecule has 2 aliphatic carbocycles. The van der Waals surface area contributed by atoms with Gasteiger partial charge in [0.25, 0.3) is 0 Å². The van der Waals surface area contributed by atoms with Crippen molar-refractivity contribution >= 4 is 28.3 Å². The van der Waals surface area contributed by atoms with Crippen molar-refractivity contribution in [1.82, 2.24) is 9.55 Å². The summed E-state index contributed by atoms with van der Waals surface area (Å²) in [6.45, 7) is 5.89. The van der Waals surface area contributed by atoms with Crippen LogP contribution in [0.4, 0.5) is 4.39 Å². The van der Waals surface area contributed by atoms with Gasteiger partial charge in [-0.3, -0.25) is 4.79 Å². The van der Waals surface area contributed by atoms with E-state index in [0.29, 0.717) is 10.5 Å². The van der Waals surface area contributed by atoms with E-state index in [2.05, 4.69) is 4.98 Å². The molecule has 0 aliphatic heterocycles. The van der Waals surface area contributed by atoms with Gasteiger partial charge in [-0.25, -0.2) is 14.2 Å². The number of halogens is 1. The van der Waals surface area contributed by atoms with Crippen LogP contribution in [0.3, 0.4) is 0 Å². The van der Waals surface area contributed by atoms with Crippen molar-refractivity contribution in [2.75, 3.05) is 6.61 Å². The zero-order valence-corrected chi connectivity index (χ0v) is 19.1. The van der Waals surface area contributed by atoms with Gasteiger partial charge in [0.15, 0.2) is 5.82 Å². The Morgan fingerprint density at radius 1 is 1.38 bits per heavy atom. The van der Waals surface area contributed by atoms with E-state index in [1.807, 2.05) is 19.9 Å². The summed E-state index contributed by atoms with van der Waals surface area (Å²) in [6.07, 6.45) is 4.38. The smallest absolute Gasteiger partial charge is 0.343 e. The van der Waals surface area contributed by atoms with Crippen LogP contribution >= 0.6 is 11.3 Å². The molecule has 0 bridgehead atoms. The number of aliphatic hydroxyl groups is 1. The van der Waals surface area contributed by atoms with Crippen molar-refractivity contribution in [1.29, 1.82) is 0 Å². The van der Waals surface area contributed by atoms with E-state index in [-0.39, 0.29) is 34.7 Å². The summed E-state index contributed by atoms with van der Waals surface area (Å²) < 4.78 is 22.1. The van der Waals surface area contributed by atoms with Crippen molar-refractivity contribution in [2.45, 2.75) is 58.6 Å². The molecule has 5 rings (SSSR count). The molecule has 3 aromatic heterocycles. The summed E-state index contributed by atoms with van der Waals surface area (Å²) in [5.41, 5.74) is 0.651. The standard InChI is InChI=1S/C24H25FN2O4S/c1-4-31-23(30)15-11-27(13-5-6-13)22-14(19(15)28)10-16(25)18(26-22)17-9-12-7-8-24(2,3)21(29)20(12)32-17/h9-11,13,21,29H,4-8H2,1-3H3. The highest BCUT2D eigenvalue weighted by Gasteiger charge is 2.37. The highest BCUT2D eigenvalue weighted by Crippen LogP contribution is 2.48. The zero-order chi connectivity index (χ0) is 22.8. The van der Waals surface area contributed by atoms with Gasteiger partial charge in [0.2, 0.25) is 5.43 Å². The van der Waals surface area contributed by atoms with E-state index in [0.717, 1.165) is 36.1 Å².